The molecule has 7 nitrogen and oxygen atoms in total. The van der Waals surface area contributed by atoms with E-state index in [1.54, 1.807) is 30.3 Å². The lowest BCUT2D eigenvalue weighted by molar-refractivity contribution is -0.117. The van der Waals surface area contributed by atoms with Crippen molar-refractivity contribution in [2.24, 2.45) is 0 Å². The van der Waals surface area contributed by atoms with E-state index >= 15 is 0 Å². The van der Waals surface area contributed by atoms with E-state index in [4.69, 9.17) is 23.2 Å². The number of anilines is 1. The number of nitrogens with one attached hydrogen (secondary N) is 3. The Kier molecular flexibility index (Phi) is 8.15. The number of halogens is 3. The first-order chi connectivity index (χ1) is 15.6. The molecule has 0 unspecified atom stereocenters. The first-order valence-corrected chi connectivity index (χ1v) is 12.3. The van der Waals surface area contributed by atoms with Gasteiger partial charge in [0, 0.05) is 21.8 Å². The monoisotopic (exact) mass is 567 g/mol. The molecule has 11 heteroatoms. The molecule has 0 spiro atoms. The third-order valence-corrected chi connectivity index (χ3v) is 6.86. The van der Waals surface area contributed by atoms with Crippen molar-refractivity contribution in [3.05, 3.63) is 98.5 Å². The molecular weight excluding hydrogens is 553 g/mol. The number of carbonyl (C=O) groups is 2. The molecule has 0 saturated carbocycles. The topological polar surface area (TPSA) is 104 Å². The molecule has 0 aliphatic heterocycles. The summed E-state index contributed by atoms with van der Waals surface area (Å²) in [5, 5.41) is 0.757. The van der Waals surface area contributed by atoms with Crippen molar-refractivity contribution < 1.29 is 18.0 Å². The van der Waals surface area contributed by atoms with Gasteiger partial charge in [-0.25, -0.2) is 8.42 Å². The number of benzene rings is 3. The number of hydrazine groups is 1. The second kappa shape index (κ2) is 10.8. The predicted molar refractivity (Wildman–Crippen MR) is 132 cm³/mol. The van der Waals surface area contributed by atoms with E-state index in [9.17, 15) is 18.0 Å². The summed E-state index contributed by atoms with van der Waals surface area (Å²) in [4.78, 5) is 24.3. The molecular formula is C22H16BrCl2N3O4S. The normalized spacial score (nSPS) is 11.2. The van der Waals surface area contributed by atoms with Gasteiger partial charge in [-0.15, -0.1) is 0 Å². The summed E-state index contributed by atoms with van der Waals surface area (Å²) in [6.07, 6.45) is 2.73. The number of hydrogen-bond donors (Lipinski definition) is 3. The number of amides is 2. The summed E-state index contributed by atoms with van der Waals surface area (Å²) in [5.41, 5.74) is 5.69. The SMILES string of the molecule is O=C(C=Cc1ccc(Cl)c(Cl)c1)NNC(=O)c1ccc(NS(=O)(=O)c2ccc(Br)cc2)cc1. The molecule has 0 bridgehead atoms. The summed E-state index contributed by atoms with van der Waals surface area (Å²) >= 11 is 15.0. The minimum absolute atomic E-state index is 0.101. The van der Waals surface area contributed by atoms with E-state index in [2.05, 4.69) is 31.5 Å². The minimum atomic E-state index is -3.77. The Labute approximate surface area is 208 Å². The van der Waals surface area contributed by atoms with Crippen LogP contribution in [0, 0.1) is 0 Å². The summed E-state index contributed by atoms with van der Waals surface area (Å²) in [7, 11) is -3.77. The van der Waals surface area contributed by atoms with Gasteiger partial charge in [-0.3, -0.25) is 25.2 Å². The zero-order valence-electron chi connectivity index (χ0n) is 16.7. The highest BCUT2D eigenvalue weighted by Crippen LogP contribution is 2.23. The average Bonchev–Trinajstić information content (AvgIpc) is 2.78. The Morgan fingerprint density at radius 1 is 0.848 bits per heavy atom. The molecule has 3 N–H and O–H groups in total. The van der Waals surface area contributed by atoms with Crippen molar-refractivity contribution in [3.63, 3.8) is 0 Å². The van der Waals surface area contributed by atoms with Gasteiger partial charge in [-0.05, 0) is 72.3 Å². The van der Waals surface area contributed by atoms with Crippen LogP contribution in [-0.2, 0) is 14.8 Å². The highest BCUT2D eigenvalue weighted by molar-refractivity contribution is 9.10. The molecule has 0 saturated heterocycles. The van der Waals surface area contributed by atoms with E-state index < -0.39 is 21.8 Å². The van der Waals surface area contributed by atoms with Crippen LogP contribution in [0.4, 0.5) is 5.69 Å². The number of carbonyl (C=O) groups excluding carboxylic acids is 2. The molecule has 0 atom stereocenters. The van der Waals surface area contributed by atoms with Gasteiger partial charge in [0.1, 0.15) is 0 Å². The zero-order chi connectivity index (χ0) is 24.0. The van der Waals surface area contributed by atoms with Crippen LogP contribution in [0.5, 0.6) is 0 Å². The highest BCUT2D eigenvalue weighted by atomic mass is 79.9. The van der Waals surface area contributed by atoms with Crippen molar-refractivity contribution in [2.75, 3.05) is 4.72 Å². The Morgan fingerprint density at radius 3 is 2.15 bits per heavy atom. The van der Waals surface area contributed by atoms with Crippen molar-refractivity contribution in [1.29, 1.82) is 0 Å². The van der Waals surface area contributed by atoms with Crippen molar-refractivity contribution in [2.45, 2.75) is 4.90 Å². The smallest absolute Gasteiger partial charge is 0.269 e. The molecule has 0 radical (unpaired) electrons. The summed E-state index contributed by atoms with van der Waals surface area (Å²) in [6, 6.07) is 16.8. The van der Waals surface area contributed by atoms with Crippen molar-refractivity contribution in [1.82, 2.24) is 10.9 Å². The fourth-order valence-corrected chi connectivity index (χ4v) is 4.17. The zero-order valence-corrected chi connectivity index (χ0v) is 20.6. The Bertz CT molecular complexity index is 1310. The van der Waals surface area contributed by atoms with Crippen molar-refractivity contribution >= 4 is 72.7 Å². The van der Waals surface area contributed by atoms with Crippen LogP contribution in [0.1, 0.15) is 15.9 Å². The lowest BCUT2D eigenvalue weighted by atomic mass is 10.2. The lowest BCUT2D eigenvalue weighted by Crippen LogP contribution is -2.40. The third-order valence-electron chi connectivity index (χ3n) is 4.19. The minimum Gasteiger partial charge on any atom is -0.280 e. The van der Waals surface area contributed by atoms with Crippen LogP contribution in [0.2, 0.25) is 10.0 Å². The quantitative estimate of drug-likeness (QED) is 0.286. The fourth-order valence-electron chi connectivity index (χ4n) is 2.54. The van der Waals surface area contributed by atoms with Crippen LogP contribution in [0.3, 0.4) is 0 Å². The van der Waals surface area contributed by atoms with E-state index in [0.29, 0.717) is 15.6 Å². The summed E-state index contributed by atoms with van der Waals surface area (Å²) in [6.45, 7) is 0. The van der Waals surface area contributed by atoms with Gasteiger partial charge >= 0.3 is 0 Å². The Balaban J connectivity index is 1.55. The van der Waals surface area contributed by atoms with Gasteiger partial charge in [0.15, 0.2) is 0 Å². The highest BCUT2D eigenvalue weighted by Gasteiger charge is 2.14. The van der Waals surface area contributed by atoms with Gasteiger partial charge in [-0.2, -0.15) is 0 Å². The molecule has 0 aromatic heterocycles. The molecule has 3 aromatic carbocycles. The predicted octanol–water partition coefficient (Wildman–Crippen LogP) is 5.03. The summed E-state index contributed by atoms with van der Waals surface area (Å²) < 4.78 is 28.1. The van der Waals surface area contributed by atoms with Gasteiger partial charge in [0.25, 0.3) is 21.8 Å². The maximum Gasteiger partial charge on any atom is 0.269 e. The van der Waals surface area contributed by atoms with Crippen LogP contribution >= 0.6 is 39.1 Å². The third kappa shape index (κ3) is 7.06. The van der Waals surface area contributed by atoms with E-state index in [1.165, 1.54) is 48.6 Å². The van der Waals surface area contributed by atoms with Gasteiger partial charge in [-0.1, -0.05) is 45.2 Å². The maximum atomic E-state index is 12.4. The molecule has 0 fully saturated rings. The van der Waals surface area contributed by atoms with Crippen LogP contribution in [0.25, 0.3) is 6.08 Å². The van der Waals surface area contributed by atoms with Crippen LogP contribution in [-0.4, -0.2) is 20.2 Å². The molecule has 3 rings (SSSR count). The molecule has 0 aliphatic carbocycles. The molecule has 0 heterocycles. The van der Waals surface area contributed by atoms with Gasteiger partial charge < -0.3 is 0 Å². The number of hydrogen-bond acceptors (Lipinski definition) is 4. The molecule has 0 aliphatic rings. The largest absolute Gasteiger partial charge is 0.280 e. The second-order valence-electron chi connectivity index (χ2n) is 6.59. The summed E-state index contributed by atoms with van der Waals surface area (Å²) in [5.74, 6) is -1.14. The fraction of sp³-hybridized carbons (Fsp3) is 0. The first kappa shape index (κ1) is 24.8. The lowest BCUT2D eigenvalue weighted by Gasteiger charge is -2.09. The van der Waals surface area contributed by atoms with Crippen molar-refractivity contribution in [3.8, 4) is 0 Å². The second-order valence-corrected chi connectivity index (χ2v) is 10.00. The number of sulfonamides is 1. The molecule has 2 amide bonds. The number of rotatable bonds is 6. The Morgan fingerprint density at radius 2 is 1.52 bits per heavy atom. The molecule has 3 aromatic rings. The first-order valence-electron chi connectivity index (χ1n) is 9.26. The standard InChI is InChI=1S/C22H16BrCl2N3O4S/c23-16-5-9-18(10-6-16)33(31,32)28-17-7-3-15(4-8-17)22(30)27-26-21(29)12-2-14-1-11-19(24)20(25)13-14/h1-13,28H,(H,26,29)(H,27,30). The molecule has 33 heavy (non-hydrogen) atoms. The van der Waals surface area contributed by atoms with Crippen LogP contribution in [0.15, 0.2) is 82.2 Å². The van der Waals surface area contributed by atoms with E-state index in [0.717, 1.165) is 4.47 Å². The maximum absolute atomic E-state index is 12.4. The van der Waals surface area contributed by atoms with Gasteiger partial charge in [0.05, 0.1) is 14.9 Å². The van der Waals surface area contributed by atoms with E-state index in [-0.39, 0.29) is 16.1 Å². The average molecular weight is 569 g/mol. The molecule has 170 valence electrons. The van der Waals surface area contributed by atoms with Gasteiger partial charge in [0.2, 0.25) is 0 Å². The Hall–Kier alpha value is -2.85. The van der Waals surface area contributed by atoms with E-state index in [1.807, 2.05) is 0 Å². The van der Waals surface area contributed by atoms with Crippen LogP contribution < -0.4 is 15.6 Å².